The Hall–Kier alpha value is 0.895. The summed E-state index contributed by atoms with van der Waals surface area (Å²) in [6, 6.07) is 0. The molecule has 0 aromatic carbocycles. The summed E-state index contributed by atoms with van der Waals surface area (Å²) in [6.45, 7) is 3.44. The smallest absolute Gasteiger partial charge is 0.0483 e. The Morgan fingerprint density at radius 3 is 1.40 bits per heavy atom. The Morgan fingerprint density at radius 1 is 1.40 bits per heavy atom. The molecular formula is C3H8HgO. The van der Waals surface area contributed by atoms with Crippen LogP contribution < -0.4 is 0 Å². The Labute approximate surface area is 52.9 Å². The van der Waals surface area contributed by atoms with E-state index >= 15 is 0 Å². The standard InChI is InChI=1S/C3H8O.Hg/c1-3(2)4;/h3-4H,1-2H3;. The van der Waals surface area contributed by atoms with Gasteiger partial charge in [-0.05, 0) is 13.8 Å². The molecule has 0 spiro atoms. The van der Waals surface area contributed by atoms with E-state index < -0.39 is 0 Å². The summed E-state index contributed by atoms with van der Waals surface area (Å²) in [6.07, 6.45) is -0.167. The van der Waals surface area contributed by atoms with E-state index in [0.29, 0.717) is 0 Å². The summed E-state index contributed by atoms with van der Waals surface area (Å²) in [5, 5.41) is 8.06. The third-order valence-electron chi connectivity index (χ3n) is 0. The van der Waals surface area contributed by atoms with Crippen molar-refractivity contribution in [3.05, 3.63) is 0 Å². The van der Waals surface area contributed by atoms with Crippen LogP contribution in [-0.2, 0) is 27.7 Å². The van der Waals surface area contributed by atoms with E-state index in [9.17, 15) is 0 Å². The van der Waals surface area contributed by atoms with Gasteiger partial charge in [-0.3, -0.25) is 0 Å². The van der Waals surface area contributed by atoms with Gasteiger partial charge in [0.15, 0.2) is 0 Å². The summed E-state index contributed by atoms with van der Waals surface area (Å²) in [7, 11) is 0. The molecule has 0 amide bonds. The largest absolute Gasteiger partial charge is 0.394 e. The maximum absolute atomic E-state index is 8.06. The van der Waals surface area contributed by atoms with Crippen LogP contribution in [0.15, 0.2) is 0 Å². The monoisotopic (exact) mass is 262 g/mol. The van der Waals surface area contributed by atoms with Crippen LogP contribution in [0.3, 0.4) is 0 Å². The third kappa shape index (κ3) is 51.2. The van der Waals surface area contributed by atoms with Gasteiger partial charge >= 0.3 is 0 Å². The molecule has 0 rings (SSSR count). The van der Waals surface area contributed by atoms with E-state index in [-0.39, 0.29) is 33.8 Å². The first-order chi connectivity index (χ1) is 1.73. The molecule has 0 aliphatic rings. The molecule has 1 N–H and O–H groups in total. The van der Waals surface area contributed by atoms with Crippen molar-refractivity contribution in [3.8, 4) is 0 Å². The number of hydrogen-bond donors (Lipinski definition) is 1. The molecule has 0 bridgehead atoms. The van der Waals surface area contributed by atoms with Crippen molar-refractivity contribution in [3.63, 3.8) is 0 Å². The second-order valence-corrected chi connectivity index (χ2v) is 1.09. The van der Waals surface area contributed by atoms with Gasteiger partial charge in [-0.15, -0.1) is 0 Å². The molecule has 0 unspecified atom stereocenters. The van der Waals surface area contributed by atoms with Gasteiger partial charge in [-0.1, -0.05) is 0 Å². The summed E-state index contributed by atoms with van der Waals surface area (Å²) < 4.78 is 0. The van der Waals surface area contributed by atoms with Gasteiger partial charge in [0.2, 0.25) is 0 Å². The third-order valence-corrected chi connectivity index (χ3v) is 0. The Bertz CT molecular complexity index is 11.6. The maximum Gasteiger partial charge on any atom is 0.0483 e. The minimum Gasteiger partial charge on any atom is -0.394 e. The van der Waals surface area contributed by atoms with Crippen molar-refractivity contribution >= 4 is 0 Å². The Balaban J connectivity index is 0. The number of rotatable bonds is 0. The zero-order chi connectivity index (χ0) is 3.58. The van der Waals surface area contributed by atoms with Crippen molar-refractivity contribution in [1.82, 2.24) is 0 Å². The predicted molar refractivity (Wildman–Crippen MR) is 17.4 cm³/mol. The fourth-order valence-corrected chi connectivity index (χ4v) is 0. The van der Waals surface area contributed by atoms with Gasteiger partial charge in [-0.25, -0.2) is 0 Å². The number of aliphatic hydroxyl groups excluding tert-OH is 1. The van der Waals surface area contributed by atoms with Crippen molar-refractivity contribution in [2.45, 2.75) is 20.0 Å². The van der Waals surface area contributed by atoms with Crippen LogP contribution in [-0.4, -0.2) is 11.2 Å². The number of aliphatic hydroxyl groups is 1. The van der Waals surface area contributed by atoms with Crippen molar-refractivity contribution in [1.29, 1.82) is 0 Å². The first-order valence-electron chi connectivity index (χ1n) is 1.41. The average molecular weight is 261 g/mol. The van der Waals surface area contributed by atoms with Crippen molar-refractivity contribution in [2.24, 2.45) is 0 Å². The first kappa shape index (κ1) is 9.31. The van der Waals surface area contributed by atoms with Crippen molar-refractivity contribution in [2.75, 3.05) is 0 Å². The van der Waals surface area contributed by atoms with Crippen LogP contribution in [0.2, 0.25) is 0 Å². The fraction of sp³-hybridized carbons (Fsp3) is 1.00. The van der Waals surface area contributed by atoms with E-state index in [1.54, 1.807) is 13.8 Å². The van der Waals surface area contributed by atoms with Gasteiger partial charge < -0.3 is 5.11 Å². The van der Waals surface area contributed by atoms with Crippen LogP contribution in [0.1, 0.15) is 13.8 Å². The van der Waals surface area contributed by atoms with E-state index in [0.717, 1.165) is 0 Å². The molecule has 0 saturated heterocycles. The molecule has 0 aromatic rings. The molecule has 0 fully saturated rings. The van der Waals surface area contributed by atoms with Crippen LogP contribution in [0, 0.1) is 0 Å². The topological polar surface area (TPSA) is 20.2 Å². The molecule has 0 heterocycles. The maximum atomic E-state index is 8.06. The van der Waals surface area contributed by atoms with Gasteiger partial charge in [0.25, 0.3) is 0 Å². The summed E-state index contributed by atoms with van der Waals surface area (Å²) >= 11 is 0. The normalized spacial score (nSPS) is 7.20. The molecule has 2 heteroatoms. The van der Waals surface area contributed by atoms with Crippen LogP contribution in [0.25, 0.3) is 0 Å². The quantitative estimate of drug-likeness (QED) is 0.625. The van der Waals surface area contributed by atoms with Crippen molar-refractivity contribution < 1.29 is 32.8 Å². The predicted octanol–water partition coefficient (Wildman–Crippen LogP) is 0.385. The van der Waals surface area contributed by atoms with Gasteiger partial charge in [0, 0.05) is 33.8 Å². The molecule has 0 radical (unpaired) electrons. The molecule has 0 atom stereocenters. The summed E-state index contributed by atoms with van der Waals surface area (Å²) in [4.78, 5) is 0. The summed E-state index contributed by atoms with van der Waals surface area (Å²) in [5.74, 6) is 0. The minimum absolute atomic E-state index is 0. The van der Waals surface area contributed by atoms with E-state index in [1.807, 2.05) is 0 Å². The van der Waals surface area contributed by atoms with Gasteiger partial charge in [0.1, 0.15) is 0 Å². The molecule has 28 valence electrons. The SMILES string of the molecule is CC(C)O.[Hg]. The van der Waals surface area contributed by atoms with Crippen LogP contribution >= 0.6 is 0 Å². The second kappa shape index (κ2) is 4.90. The van der Waals surface area contributed by atoms with E-state index in [1.165, 1.54) is 0 Å². The Kier molecular flexibility index (Phi) is 9.12. The molecule has 0 aliphatic heterocycles. The molecule has 1 nitrogen and oxygen atoms in total. The van der Waals surface area contributed by atoms with Gasteiger partial charge in [0.05, 0.1) is 0 Å². The van der Waals surface area contributed by atoms with Gasteiger partial charge in [-0.2, -0.15) is 0 Å². The first-order valence-corrected chi connectivity index (χ1v) is 1.41. The second-order valence-electron chi connectivity index (χ2n) is 1.09. The average Bonchev–Trinajstić information content (AvgIpc) is 0.811. The molecule has 0 saturated carbocycles. The molecule has 0 aliphatic carbocycles. The Morgan fingerprint density at radius 2 is 1.40 bits per heavy atom. The number of hydrogen-bond acceptors (Lipinski definition) is 1. The molecule has 0 aromatic heterocycles. The van der Waals surface area contributed by atoms with E-state index in [4.69, 9.17) is 5.11 Å². The fourth-order valence-electron chi connectivity index (χ4n) is 0. The van der Waals surface area contributed by atoms with Crippen LogP contribution in [0.4, 0.5) is 0 Å². The zero-order valence-corrected chi connectivity index (χ0v) is 9.23. The van der Waals surface area contributed by atoms with Crippen LogP contribution in [0.5, 0.6) is 0 Å². The summed E-state index contributed by atoms with van der Waals surface area (Å²) in [5.41, 5.74) is 0. The van der Waals surface area contributed by atoms with E-state index in [2.05, 4.69) is 0 Å². The minimum atomic E-state index is -0.167. The molecule has 5 heavy (non-hydrogen) atoms. The molecular weight excluding hydrogens is 253 g/mol. The zero-order valence-electron chi connectivity index (χ0n) is 3.73.